The first kappa shape index (κ1) is 15.9. The minimum atomic E-state index is -0.226. The SMILES string of the molecule is COc1cc(/C=C\c2cccc(O)c2O)cc(CO)c1CO. The summed E-state index contributed by atoms with van der Waals surface area (Å²) in [5.74, 6) is 0.0975. The van der Waals surface area contributed by atoms with Crippen LogP contribution in [0.4, 0.5) is 0 Å². The highest BCUT2D eigenvalue weighted by Gasteiger charge is 2.09. The predicted molar refractivity (Wildman–Crippen MR) is 83.5 cm³/mol. The Morgan fingerprint density at radius 3 is 2.45 bits per heavy atom. The van der Waals surface area contributed by atoms with Crippen molar-refractivity contribution in [1.82, 2.24) is 0 Å². The molecule has 0 saturated carbocycles. The van der Waals surface area contributed by atoms with Gasteiger partial charge in [0.15, 0.2) is 11.5 Å². The molecule has 0 spiro atoms. The summed E-state index contributed by atoms with van der Waals surface area (Å²) in [6.45, 7) is -0.443. The molecule has 4 N–H and O–H groups in total. The van der Waals surface area contributed by atoms with Gasteiger partial charge in [0.25, 0.3) is 0 Å². The fourth-order valence-corrected chi connectivity index (χ4v) is 2.19. The monoisotopic (exact) mass is 302 g/mol. The number of aliphatic hydroxyl groups is 2. The molecule has 22 heavy (non-hydrogen) atoms. The Labute approximate surface area is 128 Å². The summed E-state index contributed by atoms with van der Waals surface area (Å²) >= 11 is 0. The number of phenolic OH excluding ortho intramolecular Hbond substituents is 2. The normalized spacial score (nSPS) is 11.0. The van der Waals surface area contributed by atoms with Crippen LogP contribution < -0.4 is 4.74 Å². The third-order valence-corrected chi connectivity index (χ3v) is 3.37. The number of ether oxygens (including phenoxy) is 1. The van der Waals surface area contributed by atoms with Crippen LogP contribution in [0.25, 0.3) is 12.2 Å². The first-order valence-corrected chi connectivity index (χ1v) is 6.71. The second-order valence-electron chi connectivity index (χ2n) is 4.73. The Bertz CT molecular complexity index is 666. The Hall–Kier alpha value is -2.50. The van der Waals surface area contributed by atoms with E-state index in [2.05, 4.69) is 0 Å². The maximum Gasteiger partial charge on any atom is 0.164 e. The topological polar surface area (TPSA) is 90.2 Å². The highest BCUT2D eigenvalue weighted by molar-refractivity contribution is 5.74. The van der Waals surface area contributed by atoms with Crippen molar-refractivity contribution in [3.05, 3.63) is 52.6 Å². The van der Waals surface area contributed by atoms with Gasteiger partial charge in [0.1, 0.15) is 5.75 Å². The van der Waals surface area contributed by atoms with Crippen LogP contribution in [-0.2, 0) is 13.2 Å². The lowest BCUT2D eigenvalue weighted by Gasteiger charge is -2.12. The summed E-state index contributed by atoms with van der Waals surface area (Å²) in [5, 5.41) is 38.0. The van der Waals surface area contributed by atoms with E-state index in [4.69, 9.17) is 4.74 Å². The van der Waals surface area contributed by atoms with Crippen molar-refractivity contribution in [1.29, 1.82) is 0 Å². The van der Waals surface area contributed by atoms with Crippen LogP contribution in [0, 0.1) is 0 Å². The highest BCUT2D eigenvalue weighted by Crippen LogP contribution is 2.30. The van der Waals surface area contributed by atoms with Gasteiger partial charge in [0, 0.05) is 11.1 Å². The van der Waals surface area contributed by atoms with Crippen LogP contribution in [0.1, 0.15) is 22.3 Å². The molecule has 0 saturated heterocycles. The molecule has 0 fully saturated rings. The molecule has 2 rings (SSSR count). The molecule has 0 radical (unpaired) electrons. The molecule has 0 atom stereocenters. The molecular formula is C17H18O5. The molecule has 5 nitrogen and oxygen atoms in total. The van der Waals surface area contributed by atoms with Crippen LogP contribution >= 0.6 is 0 Å². The van der Waals surface area contributed by atoms with E-state index in [1.165, 1.54) is 13.2 Å². The van der Waals surface area contributed by atoms with Gasteiger partial charge in [-0.15, -0.1) is 0 Å². The summed E-state index contributed by atoms with van der Waals surface area (Å²) in [5.41, 5.74) is 2.32. The van der Waals surface area contributed by atoms with Gasteiger partial charge in [-0.3, -0.25) is 0 Å². The number of benzene rings is 2. The summed E-state index contributed by atoms with van der Waals surface area (Å²) < 4.78 is 5.22. The molecule has 0 heterocycles. The largest absolute Gasteiger partial charge is 0.504 e. The molecule has 2 aromatic carbocycles. The van der Waals surface area contributed by atoms with Crippen molar-refractivity contribution >= 4 is 12.2 Å². The van der Waals surface area contributed by atoms with Crippen molar-refractivity contribution < 1.29 is 25.2 Å². The van der Waals surface area contributed by atoms with Gasteiger partial charge in [0.2, 0.25) is 0 Å². The second kappa shape index (κ2) is 6.98. The minimum Gasteiger partial charge on any atom is -0.504 e. The smallest absolute Gasteiger partial charge is 0.164 e. The summed E-state index contributed by atoms with van der Waals surface area (Å²) in [6.07, 6.45) is 3.36. The second-order valence-corrected chi connectivity index (χ2v) is 4.73. The number of methoxy groups -OCH3 is 1. The number of hydrogen-bond donors (Lipinski definition) is 4. The van der Waals surface area contributed by atoms with E-state index < -0.39 is 0 Å². The molecule has 0 aliphatic heterocycles. The van der Waals surface area contributed by atoms with Crippen LogP contribution in [0.3, 0.4) is 0 Å². The van der Waals surface area contributed by atoms with E-state index in [0.29, 0.717) is 22.4 Å². The highest BCUT2D eigenvalue weighted by atomic mass is 16.5. The number of rotatable bonds is 5. The van der Waals surface area contributed by atoms with Gasteiger partial charge in [-0.2, -0.15) is 0 Å². The zero-order valence-electron chi connectivity index (χ0n) is 12.2. The van der Waals surface area contributed by atoms with Crippen LogP contribution in [0.15, 0.2) is 30.3 Å². The van der Waals surface area contributed by atoms with Crippen LogP contribution in [0.2, 0.25) is 0 Å². The predicted octanol–water partition coefficient (Wildman–Crippen LogP) is 2.26. The Balaban J connectivity index is 2.41. The third-order valence-electron chi connectivity index (χ3n) is 3.37. The van der Waals surface area contributed by atoms with Gasteiger partial charge in [-0.05, 0) is 29.3 Å². The minimum absolute atomic E-state index is 0.189. The van der Waals surface area contributed by atoms with E-state index in [0.717, 1.165) is 5.56 Å². The van der Waals surface area contributed by atoms with Crippen molar-refractivity contribution in [2.75, 3.05) is 7.11 Å². The molecule has 2 aromatic rings. The Morgan fingerprint density at radius 2 is 1.82 bits per heavy atom. The Morgan fingerprint density at radius 1 is 1.05 bits per heavy atom. The van der Waals surface area contributed by atoms with E-state index in [1.807, 2.05) is 0 Å². The maximum atomic E-state index is 9.76. The maximum absolute atomic E-state index is 9.76. The lowest BCUT2D eigenvalue weighted by Crippen LogP contribution is -1.99. The first-order valence-electron chi connectivity index (χ1n) is 6.71. The van der Waals surface area contributed by atoms with E-state index in [1.54, 1.807) is 36.4 Å². The fourth-order valence-electron chi connectivity index (χ4n) is 2.19. The molecule has 0 unspecified atom stereocenters. The Kier molecular flexibility index (Phi) is 5.04. The molecular weight excluding hydrogens is 284 g/mol. The quantitative estimate of drug-likeness (QED) is 0.502. The molecule has 5 heteroatoms. The third kappa shape index (κ3) is 3.21. The van der Waals surface area contributed by atoms with Gasteiger partial charge < -0.3 is 25.2 Å². The van der Waals surface area contributed by atoms with E-state index >= 15 is 0 Å². The average molecular weight is 302 g/mol. The van der Waals surface area contributed by atoms with Crippen molar-refractivity contribution in [2.24, 2.45) is 0 Å². The number of hydrogen-bond acceptors (Lipinski definition) is 5. The summed E-state index contributed by atoms with van der Waals surface area (Å²) in [6, 6.07) is 8.14. The zero-order chi connectivity index (χ0) is 16.1. The fraction of sp³-hybridized carbons (Fsp3) is 0.176. The number of para-hydroxylation sites is 1. The molecule has 0 aromatic heterocycles. The van der Waals surface area contributed by atoms with Gasteiger partial charge in [-0.25, -0.2) is 0 Å². The summed E-state index contributed by atoms with van der Waals surface area (Å²) in [7, 11) is 1.49. The van der Waals surface area contributed by atoms with Gasteiger partial charge >= 0.3 is 0 Å². The number of aromatic hydroxyl groups is 2. The lowest BCUT2D eigenvalue weighted by molar-refractivity contribution is 0.254. The molecule has 0 bridgehead atoms. The van der Waals surface area contributed by atoms with Crippen molar-refractivity contribution in [2.45, 2.75) is 13.2 Å². The first-order chi connectivity index (χ1) is 10.6. The van der Waals surface area contributed by atoms with E-state index in [-0.39, 0.29) is 24.7 Å². The molecule has 116 valence electrons. The van der Waals surface area contributed by atoms with Gasteiger partial charge in [-0.1, -0.05) is 24.3 Å². The molecule has 0 aliphatic rings. The zero-order valence-corrected chi connectivity index (χ0v) is 12.2. The van der Waals surface area contributed by atoms with Gasteiger partial charge in [0.05, 0.1) is 20.3 Å². The molecule has 0 aliphatic carbocycles. The van der Waals surface area contributed by atoms with Crippen LogP contribution in [-0.4, -0.2) is 27.5 Å². The van der Waals surface area contributed by atoms with Crippen LogP contribution in [0.5, 0.6) is 17.2 Å². The standard InChI is InChI=1S/C17H18O5/c1-22-16-8-11(7-13(9-18)14(16)10-19)5-6-12-3-2-4-15(20)17(12)21/h2-8,18-21H,9-10H2,1H3/b6-5-. The summed E-state index contributed by atoms with van der Waals surface area (Å²) in [4.78, 5) is 0. The molecule has 0 amide bonds. The van der Waals surface area contributed by atoms with Crippen molar-refractivity contribution in [3.8, 4) is 17.2 Å². The van der Waals surface area contributed by atoms with E-state index in [9.17, 15) is 20.4 Å². The average Bonchev–Trinajstić information content (AvgIpc) is 2.55. The number of aliphatic hydroxyl groups excluding tert-OH is 2. The lowest BCUT2D eigenvalue weighted by atomic mass is 10.0. The number of phenols is 2. The van der Waals surface area contributed by atoms with Crippen molar-refractivity contribution in [3.63, 3.8) is 0 Å².